The molecule has 0 spiro atoms. The molecule has 0 saturated carbocycles. The van der Waals surface area contributed by atoms with Crippen LogP contribution in [0.2, 0.25) is 0 Å². The molecule has 0 radical (unpaired) electrons. The van der Waals surface area contributed by atoms with Crippen molar-refractivity contribution in [1.82, 2.24) is 14.8 Å². The summed E-state index contributed by atoms with van der Waals surface area (Å²) in [7, 11) is 3.22. The summed E-state index contributed by atoms with van der Waals surface area (Å²) in [4.78, 5) is 0. The van der Waals surface area contributed by atoms with Gasteiger partial charge in [-0.05, 0) is 54.1 Å². The molecule has 4 aromatic rings. The molecule has 0 bridgehead atoms. The number of nitrogens with zero attached hydrogens (tertiary/aromatic N) is 4. The number of nitriles is 1. The van der Waals surface area contributed by atoms with Crippen LogP contribution in [0.1, 0.15) is 11.4 Å². The molecule has 0 amide bonds. The van der Waals surface area contributed by atoms with Gasteiger partial charge in [0.15, 0.2) is 16.7 Å². The van der Waals surface area contributed by atoms with Gasteiger partial charge in [0.25, 0.3) is 0 Å². The number of ether oxygens (including phenoxy) is 3. The number of thioether (sulfide) groups is 1. The van der Waals surface area contributed by atoms with Crippen LogP contribution in [0, 0.1) is 11.3 Å². The van der Waals surface area contributed by atoms with Crippen molar-refractivity contribution < 1.29 is 14.2 Å². The van der Waals surface area contributed by atoms with Gasteiger partial charge in [0, 0.05) is 12.1 Å². The highest BCUT2D eigenvalue weighted by Crippen LogP contribution is 2.30. The molecule has 0 unspecified atom stereocenters. The van der Waals surface area contributed by atoms with Crippen LogP contribution in [-0.4, -0.2) is 34.7 Å². The molecule has 33 heavy (non-hydrogen) atoms. The van der Waals surface area contributed by atoms with Crippen LogP contribution in [0.4, 0.5) is 0 Å². The molecule has 0 aliphatic heterocycles. The molecule has 7 nitrogen and oxygen atoms in total. The van der Waals surface area contributed by atoms with Gasteiger partial charge < -0.3 is 14.2 Å². The summed E-state index contributed by atoms with van der Waals surface area (Å²) < 4.78 is 18.6. The molecule has 8 heteroatoms. The second kappa shape index (κ2) is 10.6. The SMILES string of the molecule is COc1ccc(Cc2nnc(SCC#N)n2-c2ccc(Oc3ccccc3)cc2)cc1OC. The average molecular weight is 459 g/mol. The monoisotopic (exact) mass is 458 g/mol. The summed E-state index contributed by atoms with van der Waals surface area (Å²) in [5.74, 6) is 3.85. The topological polar surface area (TPSA) is 82.2 Å². The van der Waals surface area contributed by atoms with Gasteiger partial charge in [-0.15, -0.1) is 10.2 Å². The lowest BCUT2D eigenvalue weighted by Gasteiger charge is -2.12. The second-order valence-electron chi connectivity index (χ2n) is 6.96. The van der Waals surface area contributed by atoms with Gasteiger partial charge in [0.2, 0.25) is 0 Å². The van der Waals surface area contributed by atoms with E-state index in [1.807, 2.05) is 77.4 Å². The summed E-state index contributed by atoms with van der Waals surface area (Å²) >= 11 is 1.35. The standard InChI is InChI=1S/C25H22N4O3S/c1-30-22-13-8-18(16-23(22)31-2)17-24-27-28-25(33-15-14-26)29(24)19-9-11-21(12-10-19)32-20-6-4-3-5-7-20/h3-13,16H,15,17H2,1-2H3. The Bertz CT molecular complexity index is 1250. The highest BCUT2D eigenvalue weighted by atomic mass is 32.2. The minimum absolute atomic E-state index is 0.281. The molecule has 3 aromatic carbocycles. The molecule has 1 aromatic heterocycles. The number of aromatic nitrogens is 3. The van der Waals surface area contributed by atoms with Gasteiger partial charge in [-0.3, -0.25) is 4.57 Å². The third-order valence-electron chi connectivity index (χ3n) is 4.85. The average Bonchev–Trinajstić information content (AvgIpc) is 3.25. The molecule has 0 atom stereocenters. The molecule has 0 N–H and O–H groups in total. The molecule has 0 fully saturated rings. The maximum atomic E-state index is 9.04. The number of hydrogen-bond donors (Lipinski definition) is 0. The van der Waals surface area contributed by atoms with Gasteiger partial charge in [0.05, 0.1) is 26.0 Å². The van der Waals surface area contributed by atoms with Gasteiger partial charge in [-0.2, -0.15) is 5.26 Å². The van der Waals surface area contributed by atoms with E-state index in [0.717, 1.165) is 28.6 Å². The third kappa shape index (κ3) is 5.27. The highest BCUT2D eigenvalue weighted by molar-refractivity contribution is 7.99. The lowest BCUT2D eigenvalue weighted by Crippen LogP contribution is -2.04. The van der Waals surface area contributed by atoms with Crippen molar-refractivity contribution in [3.63, 3.8) is 0 Å². The summed E-state index contributed by atoms with van der Waals surface area (Å²) in [6.07, 6.45) is 0.530. The first-order valence-corrected chi connectivity index (χ1v) is 11.2. The van der Waals surface area contributed by atoms with Crippen LogP contribution >= 0.6 is 11.8 Å². The minimum Gasteiger partial charge on any atom is -0.493 e. The summed E-state index contributed by atoms with van der Waals surface area (Å²) in [6, 6.07) is 25.3. The van der Waals surface area contributed by atoms with Crippen LogP contribution in [0.25, 0.3) is 5.69 Å². The predicted molar refractivity (Wildman–Crippen MR) is 127 cm³/mol. The Morgan fingerprint density at radius 3 is 2.30 bits per heavy atom. The van der Waals surface area contributed by atoms with Crippen LogP contribution < -0.4 is 14.2 Å². The molecule has 1 heterocycles. The van der Waals surface area contributed by atoms with E-state index in [0.29, 0.717) is 23.1 Å². The molecular formula is C25H22N4O3S. The fourth-order valence-corrected chi connectivity index (χ4v) is 3.96. The van der Waals surface area contributed by atoms with Crippen molar-refractivity contribution in [2.45, 2.75) is 11.6 Å². The molecule has 4 rings (SSSR count). The summed E-state index contributed by atoms with van der Waals surface area (Å²) in [5.41, 5.74) is 1.89. The molecular weight excluding hydrogens is 436 g/mol. The molecule has 166 valence electrons. The predicted octanol–water partition coefficient (Wildman–Crippen LogP) is 5.28. The minimum atomic E-state index is 0.281. The van der Waals surface area contributed by atoms with Gasteiger partial charge >= 0.3 is 0 Å². The number of hydrogen-bond acceptors (Lipinski definition) is 7. The number of benzene rings is 3. The lowest BCUT2D eigenvalue weighted by atomic mass is 10.1. The highest BCUT2D eigenvalue weighted by Gasteiger charge is 2.16. The maximum Gasteiger partial charge on any atom is 0.196 e. The number of methoxy groups -OCH3 is 2. The Hall–Kier alpha value is -3.96. The van der Waals surface area contributed by atoms with Crippen LogP contribution in [0.3, 0.4) is 0 Å². The Balaban J connectivity index is 1.64. The van der Waals surface area contributed by atoms with Crippen molar-refractivity contribution in [2.24, 2.45) is 0 Å². The zero-order valence-electron chi connectivity index (χ0n) is 18.3. The van der Waals surface area contributed by atoms with E-state index in [1.165, 1.54) is 11.8 Å². The largest absolute Gasteiger partial charge is 0.493 e. The van der Waals surface area contributed by atoms with Gasteiger partial charge in [-0.1, -0.05) is 36.0 Å². The first kappa shape index (κ1) is 22.2. The lowest BCUT2D eigenvalue weighted by molar-refractivity contribution is 0.354. The Morgan fingerprint density at radius 2 is 1.61 bits per heavy atom. The normalized spacial score (nSPS) is 10.5. The van der Waals surface area contributed by atoms with E-state index in [2.05, 4.69) is 16.3 Å². The van der Waals surface area contributed by atoms with E-state index in [9.17, 15) is 0 Å². The summed E-state index contributed by atoms with van der Waals surface area (Å²) in [6.45, 7) is 0. The maximum absolute atomic E-state index is 9.04. The van der Waals surface area contributed by atoms with Crippen molar-refractivity contribution >= 4 is 11.8 Å². The van der Waals surface area contributed by atoms with Gasteiger partial charge in [0.1, 0.15) is 17.3 Å². The first-order chi connectivity index (χ1) is 16.2. The first-order valence-electron chi connectivity index (χ1n) is 10.2. The fraction of sp³-hybridized carbons (Fsp3) is 0.160. The van der Waals surface area contributed by atoms with Crippen molar-refractivity contribution in [2.75, 3.05) is 20.0 Å². The van der Waals surface area contributed by atoms with Crippen LogP contribution in [0.15, 0.2) is 78.0 Å². The smallest absolute Gasteiger partial charge is 0.196 e. The van der Waals surface area contributed by atoms with E-state index in [4.69, 9.17) is 19.5 Å². The number of para-hydroxylation sites is 1. The Labute approximate surface area is 196 Å². The van der Waals surface area contributed by atoms with E-state index < -0.39 is 0 Å². The zero-order chi connectivity index (χ0) is 23.0. The summed E-state index contributed by atoms with van der Waals surface area (Å²) in [5, 5.41) is 18.4. The third-order valence-corrected chi connectivity index (χ3v) is 5.65. The van der Waals surface area contributed by atoms with E-state index in [-0.39, 0.29) is 5.75 Å². The number of rotatable bonds is 9. The Morgan fingerprint density at radius 1 is 0.879 bits per heavy atom. The van der Waals surface area contributed by atoms with Crippen LogP contribution in [-0.2, 0) is 6.42 Å². The molecule has 0 saturated heterocycles. The van der Waals surface area contributed by atoms with Gasteiger partial charge in [-0.25, -0.2) is 0 Å². The zero-order valence-corrected chi connectivity index (χ0v) is 19.1. The quantitative estimate of drug-likeness (QED) is 0.315. The molecule has 0 aliphatic rings. The Kier molecular flexibility index (Phi) is 7.12. The van der Waals surface area contributed by atoms with Crippen molar-refractivity contribution in [1.29, 1.82) is 5.26 Å². The molecule has 0 aliphatic carbocycles. The fourth-order valence-electron chi connectivity index (χ4n) is 3.33. The van der Waals surface area contributed by atoms with Crippen molar-refractivity contribution in [3.8, 4) is 34.8 Å². The van der Waals surface area contributed by atoms with Crippen LogP contribution in [0.5, 0.6) is 23.0 Å². The van der Waals surface area contributed by atoms with Crippen molar-refractivity contribution in [3.05, 3.63) is 84.2 Å². The van der Waals surface area contributed by atoms with E-state index >= 15 is 0 Å². The van der Waals surface area contributed by atoms with E-state index in [1.54, 1.807) is 14.2 Å². The second-order valence-corrected chi connectivity index (χ2v) is 7.90.